The average Bonchev–Trinajstić information content (AvgIpc) is 3.57. The second-order valence-corrected chi connectivity index (χ2v) is 9.13. The zero-order valence-corrected chi connectivity index (χ0v) is 20.4. The Balaban J connectivity index is 1.28. The first kappa shape index (κ1) is 23.7. The third-order valence-electron chi connectivity index (χ3n) is 6.84. The van der Waals surface area contributed by atoms with E-state index in [2.05, 4.69) is 10.3 Å². The molecule has 0 radical (unpaired) electrons. The number of rotatable bonds is 7. The minimum Gasteiger partial charge on any atom is -0.497 e. The Bertz CT molecular complexity index is 1710. The molecule has 0 bridgehead atoms. The maximum absolute atomic E-state index is 13.6. The van der Waals surface area contributed by atoms with Crippen LogP contribution in [0.3, 0.4) is 0 Å². The monoisotopic (exact) mass is 515 g/mol. The van der Waals surface area contributed by atoms with Crippen molar-refractivity contribution in [3.05, 3.63) is 84.1 Å². The van der Waals surface area contributed by atoms with E-state index in [-0.39, 0.29) is 18.0 Å². The van der Waals surface area contributed by atoms with Crippen molar-refractivity contribution in [3.8, 4) is 5.75 Å². The Morgan fingerprint density at radius 2 is 1.95 bits per heavy atom. The van der Waals surface area contributed by atoms with Crippen LogP contribution in [0, 0.1) is 11.6 Å². The molecule has 2 amide bonds. The van der Waals surface area contributed by atoms with Crippen LogP contribution in [0.1, 0.15) is 18.0 Å². The second-order valence-electron chi connectivity index (χ2n) is 9.13. The van der Waals surface area contributed by atoms with Gasteiger partial charge >= 0.3 is 0 Å². The Hall–Kier alpha value is -4.73. The van der Waals surface area contributed by atoms with Gasteiger partial charge in [0, 0.05) is 35.4 Å². The number of carbonyl (C=O) groups excluding carboxylic acids is 2. The molecule has 8 nitrogen and oxygen atoms in total. The van der Waals surface area contributed by atoms with Crippen molar-refractivity contribution in [2.75, 3.05) is 23.9 Å². The number of para-hydroxylation sites is 2. The molecule has 192 valence electrons. The number of H-pyrrole nitrogens is 1. The molecule has 0 saturated heterocycles. The Labute approximate surface area is 215 Å². The number of aromatic amines is 1. The number of nitrogens with one attached hydrogen (secondary N) is 2. The van der Waals surface area contributed by atoms with Gasteiger partial charge in [0.1, 0.15) is 11.8 Å². The quantitative estimate of drug-likeness (QED) is 0.320. The fourth-order valence-electron chi connectivity index (χ4n) is 4.99. The summed E-state index contributed by atoms with van der Waals surface area (Å²) >= 11 is 0. The van der Waals surface area contributed by atoms with Crippen molar-refractivity contribution in [1.82, 2.24) is 14.5 Å². The van der Waals surface area contributed by atoms with Gasteiger partial charge < -0.3 is 15.0 Å². The summed E-state index contributed by atoms with van der Waals surface area (Å²) in [7, 11) is 1.61. The van der Waals surface area contributed by atoms with E-state index in [0.717, 1.165) is 39.9 Å². The van der Waals surface area contributed by atoms with Gasteiger partial charge in [0.15, 0.2) is 11.6 Å². The summed E-state index contributed by atoms with van der Waals surface area (Å²) in [5.74, 6) is -1.61. The predicted molar refractivity (Wildman–Crippen MR) is 139 cm³/mol. The SMILES string of the molecule is COc1ccc2[nH]cc(CCN3C(=O)[C@H](CC(=O)Nc4ccc(F)c(F)c4)n4c3nc3ccccc34)c2c1. The third kappa shape index (κ3) is 4.03. The molecule has 1 aliphatic heterocycles. The van der Waals surface area contributed by atoms with Crippen LogP contribution < -0.4 is 15.0 Å². The molecule has 10 heteroatoms. The van der Waals surface area contributed by atoms with Gasteiger partial charge in [-0.15, -0.1) is 0 Å². The first-order valence-corrected chi connectivity index (χ1v) is 12.1. The molecule has 0 aliphatic carbocycles. The lowest BCUT2D eigenvalue weighted by molar-refractivity contribution is -0.124. The molecule has 1 aliphatic rings. The van der Waals surface area contributed by atoms with E-state index in [1.165, 1.54) is 6.07 Å². The van der Waals surface area contributed by atoms with Gasteiger partial charge in [-0.1, -0.05) is 12.1 Å². The molecule has 3 heterocycles. The second kappa shape index (κ2) is 9.29. The molecule has 0 spiro atoms. The predicted octanol–water partition coefficient (Wildman–Crippen LogP) is 4.96. The van der Waals surface area contributed by atoms with Gasteiger partial charge in [-0.2, -0.15) is 0 Å². The summed E-state index contributed by atoms with van der Waals surface area (Å²) < 4.78 is 34.0. The largest absolute Gasteiger partial charge is 0.497 e. The van der Waals surface area contributed by atoms with Crippen LogP contribution in [-0.4, -0.2) is 40.0 Å². The summed E-state index contributed by atoms with van der Waals surface area (Å²) in [5, 5.41) is 3.57. The van der Waals surface area contributed by atoms with E-state index in [9.17, 15) is 18.4 Å². The number of amides is 2. The van der Waals surface area contributed by atoms with Gasteiger partial charge in [0.05, 0.1) is 24.6 Å². The Kier molecular flexibility index (Phi) is 5.79. The molecule has 0 unspecified atom stereocenters. The van der Waals surface area contributed by atoms with Gasteiger partial charge in [0.25, 0.3) is 5.91 Å². The standard InChI is InChI=1S/C28H23F2N5O3/c1-38-18-7-9-22-19(13-18)16(15-31-22)10-11-34-27(37)25(35-24-5-3-2-4-23(24)33-28(34)35)14-26(36)32-17-6-8-20(29)21(30)12-17/h2-9,12-13,15,25,31H,10-11,14H2,1H3,(H,32,36)/t25-/m0/s1. The van der Waals surface area contributed by atoms with Crippen molar-refractivity contribution in [3.63, 3.8) is 0 Å². The number of nitrogens with zero attached hydrogens (tertiary/aromatic N) is 3. The summed E-state index contributed by atoms with van der Waals surface area (Å²) in [4.78, 5) is 36.1. The molecule has 1 atom stereocenters. The third-order valence-corrected chi connectivity index (χ3v) is 6.84. The molecule has 6 rings (SSSR count). The van der Waals surface area contributed by atoms with E-state index >= 15 is 0 Å². The zero-order chi connectivity index (χ0) is 26.4. The smallest absolute Gasteiger partial charge is 0.253 e. The summed E-state index contributed by atoms with van der Waals surface area (Å²) in [6.07, 6.45) is 2.28. The average molecular weight is 516 g/mol. The van der Waals surface area contributed by atoms with Crippen molar-refractivity contribution < 1.29 is 23.1 Å². The highest BCUT2D eigenvalue weighted by molar-refractivity contribution is 6.05. The highest BCUT2D eigenvalue weighted by atomic mass is 19.2. The van der Waals surface area contributed by atoms with Crippen LogP contribution in [-0.2, 0) is 16.0 Å². The molecule has 2 N–H and O–H groups in total. The number of imidazole rings is 1. The van der Waals surface area contributed by atoms with Crippen LogP contribution in [0.2, 0.25) is 0 Å². The highest BCUT2D eigenvalue weighted by Gasteiger charge is 2.40. The summed E-state index contributed by atoms with van der Waals surface area (Å²) in [6.45, 7) is 0.355. The fraction of sp³-hybridized carbons (Fsp3) is 0.179. The summed E-state index contributed by atoms with van der Waals surface area (Å²) in [5.41, 5.74) is 3.55. The van der Waals surface area contributed by atoms with E-state index in [1.807, 2.05) is 48.7 Å². The van der Waals surface area contributed by atoms with E-state index in [4.69, 9.17) is 9.72 Å². The van der Waals surface area contributed by atoms with Crippen LogP contribution >= 0.6 is 0 Å². The number of aromatic nitrogens is 3. The number of carbonyl (C=O) groups is 2. The maximum Gasteiger partial charge on any atom is 0.253 e. The number of benzene rings is 3. The minimum absolute atomic E-state index is 0.113. The molecular weight excluding hydrogens is 492 g/mol. The van der Waals surface area contributed by atoms with Gasteiger partial charge in [0.2, 0.25) is 11.9 Å². The molecule has 5 aromatic rings. The van der Waals surface area contributed by atoms with Crippen LogP contribution in [0.4, 0.5) is 20.4 Å². The number of fused-ring (bicyclic) bond motifs is 4. The molecule has 3 aromatic carbocycles. The van der Waals surface area contributed by atoms with E-state index in [1.54, 1.807) is 16.6 Å². The number of anilines is 2. The van der Waals surface area contributed by atoms with Crippen molar-refractivity contribution in [2.45, 2.75) is 18.9 Å². The van der Waals surface area contributed by atoms with Crippen LogP contribution in [0.25, 0.3) is 21.9 Å². The fourth-order valence-corrected chi connectivity index (χ4v) is 4.99. The first-order chi connectivity index (χ1) is 18.4. The number of halogens is 2. The molecule has 2 aromatic heterocycles. The van der Waals surface area contributed by atoms with E-state index in [0.29, 0.717) is 24.4 Å². The number of hydrogen-bond acceptors (Lipinski definition) is 4. The minimum atomic E-state index is -1.07. The van der Waals surface area contributed by atoms with Crippen molar-refractivity contribution in [1.29, 1.82) is 0 Å². The number of ether oxygens (including phenoxy) is 1. The lowest BCUT2D eigenvalue weighted by atomic mass is 10.1. The normalized spacial score (nSPS) is 14.9. The molecule has 38 heavy (non-hydrogen) atoms. The summed E-state index contributed by atoms with van der Waals surface area (Å²) in [6, 6.07) is 15.5. The van der Waals surface area contributed by atoms with Crippen molar-refractivity contribution in [2.24, 2.45) is 0 Å². The maximum atomic E-state index is 13.6. The van der Waals surface area contributed by atoms with Crippen molar-refractivity contribution >= 4 is 45.4 Å². The van der Waals surface area contributed by atoms with Crippen LogP contribution in [0.5, 0.6) is 5.75 Å². The molecule has 0 fully saturated rings. The lowest BCUT2D eigenvalue weighted by Gasteiger charge is -2.16. The van der Waals surface area contributed by atoms with Gasteiger partial charge in [-0.05, 0) is 54.4 Å². The zero-order valence-electron chi connectivity index (χ0n) is 20.4. The Morgan fingerprint density at radius 1 is 1.11 bits per heavy atom. The van der Waals surface area contributed by atoms with Gasteiger partial charge in [-0.3, -0.25) is 19.1 Å². The number of hydrogen-bond donors (Lipinski definition) is 2. The van der Waals surface area contributed by atoms with Crippen LogP contribution in [0.15, 0.2) is 66.9 Å². The molecular formula is C28H23F2N5O3. The highest BCUT2D eigenvalue weighted by Crippen LogP contribution is 2.37. The molecule has 0 saturated carbocycles. The number of methoxy groups -OCH3 is 1. The lowest BCUT2D eigenvalue weighted by Crippen LogP contribution is -2.33. The van der Waals surface area contributed by atoms with E-state index < -0.39 is 23.6 Å². The topological polar surface area (TPSA) is 92.2 Å². The Morgan fingerprint density at radius 3 is 2.76 bits per heavy atom. The first-order valence-electron chi connectivity index (χ1n) is 12.1. The van der Waals surface area contributed by atoms with Gasteiger partial charge in [-0.25, -0.2) is 13.8 Å².